The maximum Gasteiger partial charge on any atom is 0.251 e. The number of carbonyl (C=O) groups excluding carboxylic acids is 2. The van der Waals surface area contributed by atoms with Crippen LogP contribution in [0, 0.1) is 11.7 Å². The minimum absolute atomic E-state index is 0.0173. The molecule has 30 heavy (non-hydrogen) atoms. The number of amides is 2. The van der Waals surface area contributed by atoms with E-state index in [-0.39, 0.29) is 22.4 Å². The topological polar surface area (TPSA) is 70.7 Å². The van der Waals surface area contributed by atoms with E-state index in [2.05, 4.69) is 15.5 Å². The molecule has 2 aliphatic heterocycles. The van der Waals surface area contributed by atoms with Gasteiger partial charge in [0.05, 0.1) is 18.7 Å². The first-order valence-electron chi connectivity index (χ1n) is 10.5. The molecule has 0 spiro atoms. The number of hydrogen-bond acceptors (Lipinski definition) is 4. The molecule has 166 valence electrons. The first-order valence-corrected chi connectivity index (χ1v) is 10.8. The Morgan fingerprint density at radius 2 is 1.90 bits per heavy atom. The zero-order valence-corrected chi connectivity index (χ0v) is 18.6. The summed E-state index contributed by atoms with van der Waals surface area (Å²) in [6.45, 7) is 5.29. The van der Waals surface area contributed by atoms with E-state index in [9.17, 15) is 14.0 Å². The molecule has 0 aromatic heterocycles. The van der Waals surface area contributed by atoms with Crippen molar-refractivity contribution in [2.24, 2.45) is 5.92 Å². The van der Waals surface area contributed by atoms with Gasteiger partial charge < -0.3 is 15.4 Å². The minimum atomic E-state index is -0.522. The largest absolute Gasteiger partial charge is 0.382 e. The van der Waals surface area contributed by atoms with Crippen molar-refractivity contribution in [1.29, 1.82) is 0 Å². The van der Waals surface area contributed by atoms with Crippen molar-refractivity contribution in [3.8, 4) is 0 Å². The van der Waals surface area contributed by atoms with Gasteiger partial charge in [-0.25, -0.2) is 4.39 Å². The number of rotatable bonds is 8. The van der Waals surface area contributed by atoms with Gasteiger partial charge in [0.2, 0.25) is 5.91 Å². The van der Waals surface area contributed by atoms with Crippen LogP contribution in [-0.2, 0) is 9.53 Å². The Kier molecular flexibility index (Phi) is 7.37. The van der Waals surface area contributed by atoms with Crippen LogP contribution in [0.15, 0.2) is 18.2 Å². The number of fused-ring (bicyclic) bond motifs is 2. The van der Waals surface area contributed by atoms with Crippen LogP contribution in [0.3, 0.4) is 0 Å². The molecule has 6 nitrogen and oxygen atoms in total. The standard InChI is InChI=1S/C22H31ClFN3O3/c1-22(2,13-30-3)26-20(28)12-27-18-4-5-19(27)7-14(6-18)11-25-21(29)15-8-16(23)10-17(24)9-15/h8-10,14,18-19H,4-7,11-13H2,1-3H3,(H,25,29)(H,26,28)/t14?,18-,19+. The molecule has 2 aliphatic rings. The molecule has 0 radical (unpaired) electrons. The third-order valence-electron chi connectivity index (χ3n) is 5.97. The average Bonchev–Trinajstić information content (AvgIpc) is 2.86. The lowest BCUT2D eigenvalue weighted by molar-refractivity contribution is -0.125. The fraction of sp³-hybridized carbons (Fsp3) is 0.636. The summed E-state index contributed by atoms with van der Waals surface area (Å²) in [5.41, 5.74) is -0.163. The van der Waals surface area contributed by atoms with Gasteiger partial charge in [-0.2, -0.15) is 0 Å². The smallest absolute Gasteiger partial charge is 0.251 e. The van der Waals surface area contributed by atoms with Gasteiger partial charge in [0.15, 0.2) is 0 Å². The lowest BCUT2D eigenvalue weighted by atomic mass is 9.90. The summed E-state index contributed by atoms with van der Waals surface area (Å²) in [5.74, 6) is -0.472. The number of ether oxygens (including phenoxy) is 1. The van der Waals surface area contributed by atoms with Gasteiger partial charge in [-0.1, -0.05) is 11.6 Å². The van der Waals surface area contributed by atoms with Crippen LogP contribution in [-0.4, -0.2) is 61.1 Å². The number of methoxy groups -OCH3 is 1. The Morgan fingerprint density at radius 1 is 1.23 bits per heavy atom. The van der Waals surface area contributed by atoms with Gasteiger partial charge in [0, 0.05) is 36.3 Å². The van der Waals surface area contributed by atoms with Crippen molar-refractivity contribution >= 4 is 23.4 Å². The summed E-state index contributed by atoms with van der Waals surface area (Å²) in [6, 6.07) is 4.54. The molecule has 2 saturated heterocycles. The third-order valence-corrected chi connectivity index (χ3v) is 6.19. The van der Waals surface area contributed by atoms with E-state index < -0.39 is 11.4 Å². The van der Waals surface area contributed by atoms with Gasteiger partial charge in [0.25, 0.3) is 5.91 Å². The lowest BCUT2D eigenvalue weighted by Gasteiger charge is -2.39. The van der Waals surface area contributed by atoms with E-state index in [1.165, 1.54) is 18.2 Å². The second-order valence-corrected chi connectivity index (χ2v) is 9.56. The molecule has 0 saturated carbocycles. The second-order valence-electron chi connectivity index (χ2n) is 9.13. The maximum atomic E-state index is 13.5. The second kappa shape index (κ2) is 9.62. The van der Waals surface area contributed by atoms with Crippen molar-refractivity contribution in [3.05, 3.63) is 34.6 Å². The molecule has 2 fully saturated rings. The van der Waals surface area contributed by atoms with Crippen LogP contribution in [0.2, 0.25) is 5.02 Å². The number of nitrogens with zero attached hydrogens (tertiary/aromatic N) is 1. The summed E-state index contributed by atoms with van der Waals surface area (Å²) in [5, 5.41) is 6.17. The first-order chi connectivity index (χ1) is 14.2. The van der Waals surface area contributed by atoms with Crippen molar-refractivity contribution < 1.29 is 18.7 Å². The van der Waals surface area contributed by atoms with Crippen molar-refractivity contribution in [1.82, 2.24) is 15.5 Å². The molecule has 8 heteroatoms. The monoisotopic (exact) mass is 439 g/mol. The zero-order valence-electron chi connectivity index (χ0n) is 17.8. The first kappa shape index (κ1) is 23.0. The highest BCUT2D eigenvalue weighted by Gasteiger charge is 2.41. The van der Waals surface area contributed by atoms with Gasteiger partial charge in [-0.3, -0.25) is 14.5 Å². The summed E-state index contributed by atoms with van der Waals surface area (Å²) in [7, 11) is 1.63. The summed E-state index contributed by atoms with van der Waals surface area (Å²) < 4.78 is 18.6. The van der Waals surface area contributed by atoms with Crippen LogP contribution in [0.5, 0.6) is 0 Å². The molecule has 1 aromatic rings. The normalized spacial score (nSPS) is 24.0. The van der Waals surface area contributed by atoms with E-state index in [1.807, 2.05) is 13.8 Å². The molecule has 3 atom stereocenters. The number of piperidine rings is 1. The van der Waals surface area contributed by atoms with E-state index in [0.717, 1.165) is 25.7 Å². The Hall–Kier alpha value is -1.70. The SMILES string of the molecule is COCC(C)(C)NC(=O)CN1[C@@H]2CC[C@H]1CC(CNC(=O)c1cc(F)cc(Cl)c1)C2. The minimum Gasteiger partial charge on any atom is -0.382 e. The van der Waals surface area contributed by atoms with E-state index in [0.29, 0.717) is 37.7 Å². The van der Waals surface area contributed by atoms with Crippen LogP contribution in [0.1, 0.15) is 49.9 Å². The highest BCUT2D eigenvalue weighted by molar-refractivity contribution is 6.31. The molecule has 2 N–H and O–H groups in total. The maximum absolute atomic E-state index is 13.5. The molecule has 3 rings (SSSR count). The van der Waals surface area contributed by atoms with E-state index in [1.54, 1.807) is 7.11 Å². The molecule has 0 aliphatic carbocycles. The third kappa shape index (κ3) is 5.93. The molecule has 1 unspecified atom stereocenters. The number of carbonyl (C=O) groups is 2. The highest BCUT2D eigenvalue weighted by atomic mass is 35.5. The van der Waals surface area contributed by atoms with E-state index >= 15 is 0 Å². The molecule has 1 aromatic carbocycles. The summed E-state index contributed by atoms with van der Waals surface area (Å²) in [6.07, 6.45) is 4.03. The zero-order chi connectivity index (χ0) is 21.9. The number of nitrogens with one attached hydrogen (secondary N) is 2. The van der Waals surface area contributed by atoms with E-state index in [4.69, 9.17) is 16.3 Å². The fourth-order valence-electron chi connectivity index (χ4n) is 4.82. The number of halogens is 2. The van der Waals surface area contributed by atoms with Crippen molar-refractivity contribution in [2.75, 3.05) is 26.8 Å². The van der Waals surface area contributed by atoms with Gasteiger partial charge in [0.1, 0.15) is 5.82 Å². The van der Waals surface area contributed by atoms with Crippen LogP contribution < -0.4 is 10.6 Å². The van der Waals surface area contributed by atoms with Crippen LogP contribution >= 0.6 is 11.6 Å². The molecule has 2 heterocycles. The molecular weight excluding hydrogens is 409 g/mol. The summed E-state index contributed by atoms with van der Waals surface area (Å²) >= 11 is 5.84. The Labute approximate surface area is 182 Å². The van der Waals surface area contributed by atoms with Crippen molar-refractivity contribution in [2.45, 2.75) is 57.2 Å². The van der Waals surface area contributed by atoms with Crippen molar-refractivity contribution in [3.63, 3.8) is 0 Å². The number of hydrogen-bond donors (Lipinski definition) is 2. The quantitative estimate of drug-likeness (QED) is 0.653. The lowest BCUT2D eigenvalue weighted by Crippen LogP contribution is -2.53. The fourth-order valence-corrected chi connectivity index (χ4v) is 5.04. The Balaban J connectivity index is 1.50. The van der Waals surface area contributed by atoms with Gasteiger partial charge in [-0.05, 0) is 63.6 Å². The Morgan fingerprint density at radius 3 is 2.50 bits per heavy atom. The van der Waals surface area contributed by atoms with Gasteiger partial charge in [-0.15, -0.1) is 0 Å². The van der Waals surface area contributed by atoms with Gasteiger partial charge >= 0.3 is 0 Å². The van der Waals surface area contributed by atoms with Crippen LogP contribution in [0.4, 0.5) is 4.39 Å². The molecule has 2 bridgehead atoms. The Bertz CT molecular complexity index is 755. The van der Waals surface area contributed by atoms with Crippen LogP contribution in [0.25, 0.3) is 0 Å². The molecule has 2 amide bonds. The average molecular weight is 440 g/mol. The highest BCUT2D eigenvalue weighted by Crippen LogP contribution is 2.38. The summed E-state index contributed by atoms with van der Waals surface area (Å²) in [4.78, 5) is 27.2. The predicted octanol–water partition coefficient (Wildman–Crippen LogP) is 2.99. The molecular formula is C22H31ClFN3O3. The number of benzene rings is 1. The predicted molar refractivity (Wildman–Crippen MR) is 114 cm³/mol.